The van der Waals surface area contributed by atoms with Gasteiger partial charge >= 0.3 is 0 Å². The molecule has 0 N–H and O–H groups in total. The molecule has 0 atom stereocenters. The van der Waals surface area contributed by atoms with Crippen molar-refractivity contribution in [2.45, 2.75) is 13.1 Å². The minimum Gasteiger partial charge on any atom is -0.480 e. The maximum absolute atomic E-state index is 11.6. The first-order valence-electron chi connectivity index (χ1n) is 9.38. The third-order valence-electron chi connectivity index (χ3n) is 4.32. The molecule has 0 aliphatic carbocycles. The molecule has 0 aliphatic rings. The second-order valence-electron chi connectivity index (χ2n) is 6.26. The molecule has 4 heterocycles. The van der Waals surface area contributed by atoms with Crippen LogP contribution in [0, 0.1) is 0 Å². The molecule has 0 aliphatic heterocycles. The van der Waals surface area contributed by atoms with Crippen molar-refractivity contribution in [3.05, 3.63) is 70.0 Å². The first-order chi connectivity index (χ1) is 15.5. The van der Waals surface area contributed by atoms with Crippen LogP contribution in [0.4, 0.5) is 0 Å². The summed E-state index contributed by atoms with van der Waals surface area (Å²) in [5, 5.41) is 0. The molecule has 0 aromatic carbocycles. The van der Waals surface area contributed by atoms with E-state index in [4.69, 9.17) is 9.47 Å². The molecule has 4 aromatic rings. The average Bonchev–Trinajstić information content (AvgIpc) is 2.82. The van der Waals surface area contributed by atoms with Crippen molar-refractivity contribution in [3.8, 4) is 11.8 Å². The van der Waals surface area contributed by atoms with Crippen LogP contribution < -0.4 is 20.6 Å². The number of ether oxygens (including phenoxy) is 2. The Kier molecular flexibility index (Phi) is 7.01. The highest BCUT2D eigenvalue weighted by atomic mass is 16.5. The number of methoxy groups -OCH3 is 2. The standard InChI is InChI=1S/C11H11N3O2.C10H9N3O3/c1-3-6-14-10(15)5-4-8-11(14)13-9(16-2)7-12-8;1-16-8-6-11-7-2-3-9(15)13(4-5-14)10(7)12-8/h3-5,7H,1,6H2,2H3;2-3,5-6H,4H2,1H3. The Balaban J connectivity index is 0.000000181. The number of aromatic nitrogens is 6. The Labute approximate surface area is 181 Å². The Hall–Kier alpha value is -4.41. The van der Waals surface area contributed by atoms with Crippen molar-refractivity contribution in [3.63, 3.8) is 0 Å². The molecule has 0 saturated heterocycles. The molecule has 11 heteroatoms. The van der Waals surface area contributed by atoms with E-state index in [0.29, 0.717) is 46.9 Å². The van der Waals surface area contributed by atoms with Crippen LogP contribution in [-0.2, 0) is 17.9 Å². The van der Waals surface area contributed by atoms with E-state index in [0.717, 1.165) is 0 Å². The Morgan fingerprint density at radius 3 is 1.72 bits per heavy atom. The summed E-state index contributed by atoms with van der Waals surface area (Å²) in [4.78, 5) is 50.2. The lowest BCUT2D eigenvalue weighted by molar-refractivity contribution is -0.108. The smallest absolute Gasteiger partial charge is 0.252 e. The van der Waals surface area contributed by atoms with Gasteiger partial charge in [-0.3, -0.25) is 18.7 Å². The van der Waals surface area contributed by atoms with Gasteiger partial charge in [0.2, 0.25) is 11.8 Å². The van der Waals surface area contributed by atoms with Gasteiger partial charge in [-0.1, -0.05) is 6.08 Å². The van der Waals surface area contributed by atoms with E-state index < -0.39 is 0 Å². The summed E-state index contributed by atoms with van der Waals surface area (Å²) in [6.07, 6.45) is 5.26. The van der Waals surface area contributed by atoms with Crippen LogP contribution in [-0.4, -0.2) is 49.6 Å². The number of hydrogen-bond acceptors (Lipinski definition) is 9. The molecule has 0 fully saturated rings. The largest absolute Gasteiger partial charge is 0.480 e. The van der Waals surface area contributed by atoms with Crippen LogP contribution in [0.1, 0.15) is 0 Å². The van der Waals surface area contributed by atoms with Crippen molar-refractivity contribution in [1.82, 2.24) is 29.1 Å². The van der Waals surface area contributed by atoms with Crippen LogP contribution >= 0.6 is 0 Å². The lowest BCUT2D eigenvalue weighted by Gasteiger charge is -2.06. The molecule has 164 valence electrons. The van der Waals surface area contributed by atoms with Crippen molar-refractivity contribution < 1.29 is 14.3 Å². The quantitative estimate of drug-likeness (QED) is 0.321. The van der Waals surface area contributed by atoms with E-state index in [1.807, 2.05) is 0 Å². The maximum atomic E-state index is 11.6. The summed E-state index contributed by atoms with van der Waals surface area (Å²) < 4.78 is 12.6. The molecule has 0 amide bonds. The Morgan fingerprint density at radius 1 is 0.844 bits per heavy atom. The number of fused-ring (bicyclic) bond motifs is 2. The minimum atomic E-state index is -0.290. The number of pyridine rings is 2. The molecule has 0 saturated carbocycles. The second kappa shape index (κ2) is 10.1. The number of hydrogen-bond donors (Lipinski definition) is 0. The van der Waals surface area contributed by atoms with Gasteiger partial charge in [-0.15, -0.1) is 6.58 Å². The van der Waals surface area contributed by atoms with E-state index in [1.54, 1.807) is 18.2 Å². The Morgan fingerprint density at radius 2 is 1.31 bits per heavy atom. The van der Waals surface area contributed by atoms with Gasteiger partial charge in [0.1, 0.15) is 17.3 Å². The highest BCUT2D eigenvalue weighted by Gasteiger charge is 2.07. The van der Waals surface area contributed by atoms with E-state index in [9.17, 15) is 14.4 Å². The first-order valence-corrected chi connectivity index (χ1v) is 9.38. The molecule has 0 spiro atoms. The SMILES string of the molecule is C=CCn1c(=O)ccc2ncc(OC)nc21.COc1cnc2ccc(=O)n(CC=O)c2n1. The van der Waals surface area contributed by atoms with Gasteiger partial charge in [0.25, 0.3) is 11.1 Å². The topological polar surface area (TPSA) is 131 Å². The molecule has 0 radical (unpaired) electrons. The van der Waals surface area contributed by atoms with Gasteiger partial charge in [0.15, 0.2) is 11.3 Å². The molecule has 32 heavy (non-hydrogen) atoms. The van der Waals surface area contributed by atoms with Gasteiger partial charge in [0.05, 0.1) is 33.2 Å². The van der Waals surface area contributed by atoms with Gasteiger partial charge in [0, 0.05) is 18.7 Å². The molecule has 0 unspecified atom stereocenters. The van der Waals surface area contributed by atoms with Crippen molar-refractivity contribution in [1.29, 1.82) is 0 Å². The summed E-state index contributed by atoms with van der Waals surface area (Å²) in [5.41, 5.74) is 1.63. The summed E-state index contributed by atoms with van der Waals surface area (Å²) in [6, 6.07) is 6.02. The lowest BCUT2D eigenvalue weighted by atomic mass is 10.4. The van der Waals surface area contributed by atoms with Crippen molar-refractivity contribution in [2.75, 3.05) is 14.2 Å². The van der Waals surface area contributed by atoms with E-state index in [2.05, 4.69) is 26.5 Å². The molecular weight excluding hydrogens is 416 g/mol. The number of carbonyl (C=O) groups excluding carboxylic acids is 1. The van der Waals surface area contributed by atoms with Crippen LogP contribution in [0.5, 0.6) is 11.8 Å². The fourth-order valence-electron chi connectivity index (χ4n) is 2.82. The number of allylic oxidation sites excluding steroid dienone is 1. The molecule has 4 aromatic heterocycles. The zero-order chi connectivity index (χ0) is 23.1. The lowest BCUT2D eigenvalue weighted by Crippen LogP contribution is -2.21. The van der Waals surface area contributed by atoms with Gasteiger partial charge in [-0.25, -0.2) is 9.97 Å². The van der Waals surface area contributed by atoms with Crippen LogP contribution in [0.3, 0.4) is 0 Å². The second-order valence-corrected chi connectivity index (χ2v) is 6.26. The fourth-order valence-corrected chi connectivity index (χ4v) is 2.82. The predicted octanol–water partition coefficient (Wildman–Crippen LogP) is 0.985. The normalized spacial score (nSPS) is 10.3. The number of nitrogens with zero attached hydrogens (tertiary/aromatic N) is 6. The zero-order valence-corrected chi connectivity index (χ0v) is 17.5. The van der Waals surface area contributed by atoms with Gasteiger partial charge in [-0.2, -0.15) is 9.97 Å². The minimum absolute atomic E-state index is 0.0436. The van der Waals surface area contributed by atoms with Crippen molar-refractivity contribution in [2.24, 2.45) is 0 Å². The van der Waals surface area contributed by atoms with Crippen LogP contribution in [0.25, 0.3) is 22.3 Å². The number of aldehydes is 1. The highest BCUT2D eigenvalue weighted by molar-refractivity contribution is 5.71. The first kappa shape index (κ1) is 22.3. The van der Waals surface area contributed by atoms with Crippen LogP contribution in [0.2, 0.25) is 0 Å². The summed E-state index contributed by atoms with van der Waals surface area (Å²) >= 11 is 0. The molecular formula is C21H20N6O5. The highest BCUT2D eigenvalue weighted by Crippen LogP contribution is 2.12. The zero-order valence-electron chi connectivity index (χ0n) is 17.5. The van der Waals surface area contributed by atoms with Crippen LogP contribution in [0.15, 0.2) is 58.9 Å². The molecule has 11 nitrogen and oxygen atoms in total. The monoisotopic (exact) mass is 436 g/mol. The summed E-state index contributed by atoms with van der Waals surface area (Å²) in [5.74, 6) is 0.689. The number of carbonyl (C=O) groups is 1. The summed E-state index contributed by atoms with van der Waals surface area (Å²) in [7, 11) is 2.97. The van der Waals surface area contributed by atoms with Gasteiger partial charge < -0.3 is 14.3 Å². The number of rotatable bonds is 6. The third kappa shape index (κ3) is 4.67. The molecule has 4 rings (SSSR count). The van der Waals surface area contributed by atoms with Gasteiger partial charge in [-0.05, 0) is 12.1 Å². The third-order valence-corrected chi connectivity index (χ3v) is 4.32. The summed E-state index contributed by atoms with van der Waals surface area (Å²) in [6.45, 7) is 3.96. The maximum Gasteiger partial charge on any atom is 0.252 e. The van der Waals surface area contributed by atoms with E-state index in [1.165, 1.54) is 47.9 Å². The Bertz CT molecular complexity index is 1290. The van der Waals surface area contributed by atoms with E-state index >= 15 is 0 Å². The molecule has 0 bridgehead atoms. The van der Waals surface area contributed by atoms with Crippen molar-refractivity contribution >= 4 is 28.6 Å². The fraction of sp³-hybridized carbons (Fsp3) is 0.190. The van der Waals surface area contributed by atoms with E-state index in [-0.39, 0.29) is 17.7 Å². The predicted molar refractivity (Wildman–Crippen MR) is 117 cm³/mol. The average molecular weight is 436 g/mol.